The van der Waals surface area contributed by atoms with Gasteiger partial charge >= 0.3 is 6.16 Å². The first-order valence-electron chi connectivity index (χ1n) is 2.89. The molecular formula is C5H8O5. The van der Waals surface area contributed by atoms with E-state index in [0.29, 0.717) is 13.0 Å². The molecule has 5 heteroatoms. The Balaban J connectivity index is 2.33. The summed E-state index contributed by atoms with van der Waals surface area (Å²) >= 11 is 0. The van der Waals surface area contributed by atoms with Crippen molar-refractivity contribution in [2.24, 2.45) is 0 Å². The van der Waals surface area contributed by atoms with Crippen LogP contribution in [0.1, 0.15) is 6.42 Å². The highest BCUT2D eigenvalue weighted by atomic mass is 16.8. The van der Waals surface area contributed by atoms with Gasteiger partial charge in [-0.2, -0.15) is 0 Å². The fourth-order valence-electron chi connectivity index (χ4n) is 0.764. The minimum absolute atomic E-state index is 0.346. The minimum atomic E-state index is -1.43. The smallest absolute Gasteiger partial charge is 0.450 e. The first-order chi connectivity index (χ1) is 4.70. The molecule has 0 saturated carbocycles. The lowest BCUT2D eigenvalue weighted by molar-refractivity contribution is -0.124. The summed E-state index contributed by atoms with van der Waals surface area (Å²) in [6, 6.07) is 0. The zero-order valence-electron chi connectivity index (χ0n) is 5.19. The highest BCUT2D eigenvalue weighted by molar-refractivity contribution is 5.57. The van der Waals surface area contributed by atoms with Gasteiger partial charge in [0.15, 0.2) is 0 Å². The van der Waals surface area contributed by atoms with E-state index in [1.807, 2.05) is 0 Å². The lowest BCUT2D eigenvalue weighted by Gasteiger charge is -2.10. The molecule has 2 N–H and O–H groups in total. The van der Waals surface area contributed by atoms with Gasteiger partial charge < -0.3 is 19.7 Å². The monoisotopic (exact) mass is 148 g/mol. The fourth-order valence-corrected chi connectivity index (χ4v) is 0.764. The zero-order valence-corrected chi connectivity index (χ0v) is 5.19. The summed E-state index contributed by atoms with van der Waals surface area (Å²) < 4.78 is 8.89. The van der Waals surface area contributed by atoms with E-state index in [-0.39, 0.29) is 0 Å². The van der Waals surface area contributed by atoms with Crippen molar-refractivity contribution in [3.63, 3.8) is 0 Å². The van der Waals surface area contributed by atoms with E-state index in [0.717, 1.165) is 0 Å². The molecule has 1 aliphatic heterocycles. The molecule has 0 bridgehead atoms. The predicted molar refractivity (Wildman–Crippen MR) is 29.5 cm³/mol. The molecule has 1 saturated heterocycles. The van der Waals surface area contributed by atoms with E-state index in [1.54, 1.807) is 0 Å². The standard InChI is InChI=1S/C5H8O5/c6-3-1-2-9-4(3)10-5(7)8/h3-4,6H,1-2H2,(H,7,8). The summed E-state index contributed by atoms with van der Waals surface area (Å²) in [7, 11) is 0. The van der Waals surface area contributed by atoms with Crippen LogP contribution in [0.2, 0.25) is 0 Å². The lowest BCUT2D eigenvalue weighted by atomic mass is 10.3. The number of carboxylic acid groups (broad SMARTS) is 1. The van der Waals surface area contributed by atoms with Crippen LogP contribution >= 0.6 is 0 Å². The van der Waals surface area contributed by atoms with Gasteiger partial charge in [0.25, 0.3) is 0 Å². The van der Waals surface area contributed by atoms with Gasteiger partial charge in [0.05, 0.1) is 6.61 Å². The average molecular weight is 148 g/mol. The molecular weight excluding hydrogens is 140 g/mol. The molecule has 10 heavy (non-hydrogen) atoms. The second-order valence-electron chi connectivity index (χ2n) is 1.98. The Morgan fingerprint density at radius 1 is 1.70 bits per heavy atom. The topological polar surface area (TPSA) is 76.0 Å². The lowest BCUT2D eigenvalue weighted by Crippen LogP contribution is -2.26. The SMILES string of the molecule is O=C(O)OC1OCCC1O. The number of hydrogen-bond donors (Lipinski definition) is 2. The molecule has 1 aliphatic rings. The Labute approximate surface area is 57.2 Å². The molecule has 1 fully saturated rings. The van der Waals surface area contributed by atoms with Crippen molar-refractivity contribution >= 4 is 6.16 Å². The minimum Gasteiger partial charge on any atom is -0.450 e. The van der Waals surface area contributed by atoms with Gasteiger partial charge in [0.2, 0.25) is 6.29 Å². The third kappa shape index (κ3) is 1.58. The number of aliphatic hydroxyl groups excluding tert-OH is 1. The van der Waals surface area contributed by atoms with Gasteiger partial charge in [-0.3, -0.25) is 0 Å². The van der Waals surface area contributed by atoms with Crippen molar-refractivity contribution in [1.29, 1.82) is 0 Å². The van der Waals surface area contributed by atoms with Crippen LogP contribution in [0.5, 0.6) is 0 Å². The van der Waals surface area contributed by atoms with Crippen LogP contribution in [0.15, 0.2) is 0 Å². The van der Waals surface area contributed by atoms with Crippen LogP contribution in [-0.4, -0.2) is 35.4 Å². The summed E-state index contributed by atoms with van der Waals surface area (Å²) in [5.74, 6) is 0. The maximum absolute atomic E-state index is 9.89. The molecule has 2 unspecified atom stereocenters. The summed E-state index contributed by atoms with van der Waals surface area (Å²) in [5, 5.41) is 17.0. The summed E-state index contributed by atoms with van der Waals surface area (Å²) in [6.07, 6.45) is -2.79. The van der Waals surface area contributed by atoms with Crippen LogP contribution in [0.3, 0.4) is 0 Å². The van der Waals surface area contributed by atoms with Crippen molar-refractivity contribution in [3.05, 3.63) is 0 Å². The maximum atomic E-state index is 9.89. The molecule has 1 heterocycles. The highest BCUT2D eigenvalue weighted by Crippen LogP contribution is 2.13. The molecule has 58 valence electrons. The van der Waals surface area contributed by atoms with Gasteiger partial charge in [-0.15, -0.1) is 0 Å². The van der Waals surface area contributed by atoms with Crippen molar-refractivity contribution < 1.29 is 24.5 Å². The van der Waals surface area contributed by atoms with Gasteiger partial charge in [-0.1, -0.05) is 0 Å². The van der Waals surface area contributed by atoms with Crippen molar-refractivity contribution in [2.45, 2.75) is 18.8 Å². The van der Waals surface area contributed by atoms with E-state index in [2.05, 4.69) is 4.74 Å². The molecule has 0 amide bonds. The number of hydrogen-bond acceptors (Lipinski definition) is 4. The summed E-state index contributed by atoms with van der Waals surface area (Å²) in [4.78, 5) is 9.89. The Hall–Kier alpha value is -0.810. The molecule has 0 spiro atoms. The Morgan fingerprint density at radius 2 is 2.40 bits per heavy atom. The van der Waals surface area contributed by atoms with Crippen molar-refractivity contribution in [1.82, 2.24) is 0 Å². The number of ether oxygens (including phenoxy) is 2. The number of aliphatic hydroxyl groups is 1. The van der Waals surface area contributed by atoms with Gasteiger partial charge in [-0.25, -0.2) is 4.79 Å². The maximum Gasteiger partial charge on any atom is 0.508 e. The molecule has 2 atom stereocenters. The third-order valence-corrected chi connectivity index (χ3v) is 1.23. The van der Waals surface area contributed by atoms with E-state index in [1.165, 1.54) is 0 Å². The molecule has 0 aromatic heterocycles. The van der Waals surface area contributed by atoms with Crippen LogP contribution in [0.4, 0.5) is 4.79 Å². The predicted octanol–water partition coefficient (Wildman–Crippen LogP) is -0.212. The average Bonchev–Trinajstić information content (AvgIpc) is 2.15. The van der Waals surface area contributed by atoms with Gasteiger partial charge in [-0.05, 0) is 0 Å². The van der Waals surface area contributed by atoms with Gasteiger partial charge in [0, 0.05) is 6.42 Å². The first kappa shape index (κ1) is 7.30. The normalized spacial score (nSPS) is 32.1. The van der Waals surface area contributed by atoms with E-state index >= 15 is 0 Å². The zero-order chi connectivity index (χ0) is 7.56. The Bertz CT molecular complexity index is 134. The summed E-state index contributed by atoms with van der Waals surface area (Å²) in [6.45, 7) is 0.346. The summed E-state index contributed by atoms with van der Waals surface area (Å²) in [5.41, 5.74) is 0. The highest BCUT2D eigenvalue weighted by Gasteiger charge is 2.29. The number of rotatable bonds is 1. The van der Waals surface area contributed by atoms with Crippen LogP contribution in [0.25, 0.3) is 0 Å². The van der Waals surface area contributed by atoms with E-state index < -0.39 is 18.5 Å². The van der Waals surface area contributed by atoms with Gasteiger partial charge in [0.1, 0.15) is 6.10 Å². The van der Waals surface area contributed by atoms with E-state index in [4.69, 9.17) is 14.9 Å². The molecule has 0 aromatic carbocycles. The number of carbonyl (C=O) groups is 1. The van der Waals surface area contributed by atoms with Crippen LogP contribution < -0.4 is 0 Å². The fraction of sp³-hybridized carbons (Fsp3) is 0.800. The largest absolute Gasteiger partial charge is 0.508 e. The van der Waals surface area contributed by atoms with E-state index in [9.17, 15) is 4.79 Å². The quantitative estimate of drug-likeness (QED) is 0.503. The first-order valence-corrected chi connectivity index (χ1v) is 2.89. The second-order valence-corrected chi connectivity index (χ2v) is 1.98. The third-order valence-electron chi connectivity index (χ3n) is 1.23. The molecule has 0 aliphatic carbocycles. The second kappa shape index (κ2) is 2.85. The molecule has 0 aromatic rings. The molecule has 0 radical (unpaired) electrons. The van der Waals surface area contributed by atoms with Crippen molar-refractivity contribution in [2.75, 3.05) is 6.61 Å². The Morgan fingerprint density at radius 3 is 2.80 bits per heavy atom. The molecule has 5 nitrogen and oxygen atoms in total. The van der Waals surface area contributed by atoms with Crippen LogP contribution in [0, 0.1) is 0 Å². The van der Waals surface area contributed by atoms with Crippen LogP contribution in [-0.2, 0) is 9.47 Å². The Kier molecular flexibility index (Phi) is 2.08. The van der Waals surface area contributed by atoms with Crippen molar-refractivity contribution in [3.8, 4) is 0 Å². The molecule has 1 rings (SSSR count).